The van der Waals surface area contributed by atoms with Gasteiger partial charge in [-0.15, -0.1) is 22.7 Å². The number of thiophene rings is 1. The van der Waals surface area contributed by atoms with Gasteiger partial charge in [-0.25, -0.2) is 4.98 Å². The van der Waals surface area contributed by atoms with Gasteiger partial charge >= 0.3 is 0 Å². The van der Waals surface area contributed by atoms with E-state index in [2.05, 4.69) is 21.6 Å². The quantitative estimate of drug-likeness (QED) is 0.458. The van der Waals surface area contributed by atoms with E-state index in [-0.39, 0.29) is 0 Å². The Morgan fingerprint density at radius 1 is 1.18 bits per heavy atom. The van der Waals surface area contributed by atoms with Gasteiger partial charge < -0.3 is 0 Å². The summed E-state index contributed by atoms with van der Waals surface area (Å²) < 4.78 is 0. The van der Waals surface area contributed by atoms with E-state index in [4.69, 9.17) is 23.2 Å². The molecule has 3 aromatic rings. The summed E-state index contributed by atoms with van der Waals surface area (Å²) in [6.07, 6.45) is 1.60. The average Bonchev–Trinajstić information content (AvgIpc) is 3.11. The molecular formula is C15H11Cl2N3S2. The van der Waals surface area contributed by atoms with Gasteiger partial charge in [-0.3, -0.25) is 5.43 Å². The molecule has 0 bridgehead atoms. The van der Waals surface area contributed by atoms with E-state index in [0.29, 0.717) is 15.6 Å². The minimum atomic E-state index is 0.563. The number of rotatable bonds is 4. The fourth-order valence-corrected chi connectivity index (χ4v) is 3.98. The molecule has 1 aromatic carbocycles. The number of nitrogens with zero attached hydrogens (tertiary/aromatic N) is 2. The first-order valence-corrected chi connectivity index (χ1v) is 8.85. The van der Waals surface area contributed by atoms with Crippen LogP contribution in [-0.4, -0.2) is 11.2 Å². The molecule has 1 N–H and O–H groups in total. The molecule has 0 radical (unpaired) electrons. The van der Waals surface area contributed by atoms with Crippen LogP contribution in [-0.2, 0) is 0 Å². The molecule has 2 heterocycles. The van der Waals surface area contributed by atoms with E-state index in [1.807, 2.05) is 18.4 Å². The van der Waals surface area contributed by atoms with E-state index in [1.54, 1.807) is 47.1 Å². The molecule has 0 fully saturated rings. The maximum atomic E-state index is 6.09. The van der Waals surface area contributed by atoms with Gasteiger partial charge in [0.1, 0.15) is 0 Å². The van der Waals surface area contributed by atoms with Gasteiger partial charge in [0.25, 0.3) is 0 Å². The lowest BCUT2D eigenvalue weighted by atomic mass is 10.2. The minimum absolute atomic E-state index is 0.563. The Hall–Kier alpha value is -1.40. The lowest BCUT2D eigenvalue weighted by Gasteiger charge is -2.00. The van der Waals surface area contributed by atoms with Crippen molar-refractivity contribution >= 4 is 57.2 Å². The molecule has 0 amide bonds. The van der Waals surface area contributed by atoms with Gasteiger partial charge in [0.2, 0.25) is 5.13 Å². The van der Waals surface area contributed by atoms with Crippen molar-refractivity contribution < 1.29 is 0 Å². The summed E-state index contributed by atoms with van der Waals surface area (Å²) in [6.45, 7) is 2.05. The number of nitrogens with one attached hydrogen (secondary N) is 1. The van der Waals surface area contributed by atoms with Crippen LogP contribution in [0.15, 0.2) is 40.8 Å². The van der Waals surface area contributed by atoms with Crippen LogP contribution in [0.5, 0.6) is 0 Å². The summed E-state index contributed by atoms with van der Waals surface area (Å²) in [5, 5.41) is 8.08. The molecule has 2 aromatic heterocycles. The van der Waals surface area contributed by atoms with Gasteiger partial charge in [0.15, 0.2) is 0 Å². The van der Waals surface area contributed by atoms with Crippen molar-refractivity contribution in [2.24, 2.45) is 5.10 Å². The maximum Gasteiger partial charge on any atom is 0.204 e. The molecule has 0 saturated heterocycles. The molecule has 0 atom stereocenters. The summed E-state index contributed by atoms with van der Waals surface area (Å²) in [7, 11) is 0. The fourth-order valence-electron chi connectivity index (χ4n) is 1.87. The van der Waals surface area contributed by atoms with Gasteiger partial charge in [-0.1, -0.05) is 35.3 Å². The Labute approximate surface area is 146 Å². The molecule has 22 heavy (non-hydrogen) atoms. The molecule has 0 saturated carbocycles. The number of hydrogen-bond donors (Lipinski definition) is 1. The smallest absolute Gasteiger partial charge is 0.204 e. The third kappa shape index (κ3) is 3.33. The highest BCUT2D eigenvalue weighted by molar-refractivity contribution is 7.17. The van der Waals surface area contributed by atoms with Crippen molar-refractivity contribution in [3.8, 4) is 10.6 Å². The van der Waals surface area contributed by atoms with Gasteiger partial charge in [0.05, 0.1) is 26.8 Å². The van der Waals surface area contributed by atoms with Gasteiger partial charge in [-0.2, -0.15) is 5.10 Å². The Morgan fingerprint density at radius 2 is 1.95 bits per heavy atom. The predicted molar refractivity (Wildman–Crippen MR) is 97.8 cm³/mol. The van der Waals surface area contributed by atoms with Crippen molar-refractivity contribution in [1.29, 1.82) is 0 Å². The first-order valence-electron chi connectivity index (χ1n) is 6.39. The number of aromatic nitrogens is 1. The van der Waals surface area contributed by atoms with Crippen molar-refractivity contribution in [2.45, 2.75) is 6.92 Å². The lowest BCUT2D eigenvalue weighted by molar-refractivity contribution is 1.29. The average molecular weight is 368 g/mol. The molecular weight excluding hydrogens is 357 g/mol. The molecule has 7 heteroatoms. The summed E-state index contributed by atoms with van der Waals surface area (Å²) >= 11 is 15.4. The number of hydrogen-bond acceptors (Lipinski definition) is 5. The topological polar surface area (TPSA) is 37.3 Å². The summed E-state index contributed by atoms with van der Waals surface area (Å²) in [4.78, 5) is 6.87. The predicted octanol–water partition coefficient (Wildman–Crippen LogP) is 5.93. The Kier molecular flexibility index (Phi) is 4.78. The summed E-state index contributed by atoms with van der Waals surface area (Å²) in [5.41, 5.74) is 4.61. The zero-order valence-electron chi connectivity index (χ0n) is 11.5. The SMILES string of the molecule is Cc1sc(N/N=C\c2c(Cl)cccc2Cl)nc1-c1cccs1. The monoisotopic (exact) mass is 367 g/mol. The van der Waals surface area contributed by atoms with Crippen LogP contribution in [0.4, 0.5) is 5.13 Å². The van der Waals surface area contributed by atoms with Crippen LogP contribution < -0.4 is 5.43 Å². The molecule has 0 aliphatic carbocycles. The van der Waals surface area contributed by atoms with Crippen molar-refractivity contribution in [1.82, 2.24) is 4.98 Å². The number of hydrazone groups is 1. The highest BCUT2D eigenvalue weighted by atomic mass is 35.5. The van der Waals surface area contributed by atoms with E-state index in [1.165, 1.54) is 0 Å². The first-order chi connectivity index (χ1) is 10.6. The van der Waals surface area contributed by atoms with Crippen molar-refractivity contribution in [2.75, 3.05) is 5.43 Å². The van der Waals surface area contributed by atoms with Crippen LogP contribution in [0.2, 0.25) is 10.0 Å². The Bertz CT molecular complexity index is 790. The van der Waals surface area contributed by atoms with E-state index < -0.39 is 0 Å². The van der Waals surface area contributed by atoms with Crippen LogP contribution in [0, 0.1) is 6.92 Å². The normalized spacial score (nSPS) is 11.2. The first kappa shape index (κ1) is 15.5. The molecule has 0 aliphatic rings. The van der Waals surface area contributed by atoms with Crippen LogP contribution in [0.25, 0.3) is 10.6 Å². The second-order valence-electron chi connectivity index (χ2n) is 4.41. The molecule has 3 nitrogen and oxygen atoms in total. The van der Waals surface area contributed by atoms with Crippen LogP contribution in [0.1, 0.15) is 10.4 Å². The third-order valence-corrected chi connectivity index (χ3v) is 5.32. The van der Waals surface area contributed by atoms with E-state index >= 15 is 0 Å². The number of benzene rings is 1. The molecule has 0 unspecified atom stereocenters. The van der Waals surface area contributed by atoms with Gasteiger partial charge in [-0.05, 0) is 30.5 Å². The second kappa shape index (κ2) is 6.79. The molecule has 3 rings (SSSR count). The standard InChI is InChI=1S/C15H11Cl2N3S2/c1-9-14(13-6-3-7-21-13)19-15(22-9)20-18-8-10-11(16)4-2-5-12(10)17/h2-8H,1H3,(H,19,20)/b18-8-. The lowest BCUT2D eigenvalue weighted by Crippen LogP contribution is -1.91. The van der Waals surface area contributed by atoms with E-state index in [9.17, 15) is 0 Å². The molecule has 112 valence electrons. The van der Waals surface area contributed by atoms with Crippen molar-refractivity contribution in [3.05, 3.63) is 56.2 Å². The summed E-state index contributed by atoms with van der Waals surface area (Å²) in [6, 6.07) is 9.42. The minimum Gasteiger partial charge on any atom is -0.253 e. The van der Waals surface area contributed by atoms with Gasteiger partial charge in [0, 0.05) is 10.4 Å². The third-order valence-electron chi connectivity index (χ3n) is 2.90. The highest BCUT2D eigenvalue weighted by Crippen LogP contribution is 2.33. The number of aryl methyl sites for hydroxylation is 1. The highest BCUT2D eigenvalue weighted by Gasteiger charge is 2.10. The fraction of sp³-hybridized carbons (Fsp3) is 0.0667. The zero-order chi connectivity index (χ0) is 15.5. The Morgan fingerprint density at radius 3 is 2.64 bits per heavy atom. The van der Waals surface area contributed by atoms with Crippen molar-refractivity contribution in [3.63, 3.8) is 0 Å². The van der Waals surface area contributed by atoms with E-state index in [0.717, 1.165) is 20.6 Å². The maximum absolute atomic E-state index is 6.09. The second-order valence-corrected chi connectivity index (χ2v) is 7.37. The largest absolute Gasteiger partial charge is 0.253 e. The Balaban J connectivity index is 1.77. The number of halogens is 2. The van der Waals surface area contributed by atoms with Crippen LogP contribution >= 0.6 is 45.9 Å². The van der Waals surface area contributed by atoms with Crippen LogP contribution in [0.3, 0.4) is 0 Å². The number of anilines is 1. The zero-order valence-corrected chi connectivity index (χ0v) is 14.7. The molecule has 0 spiro atoms. The summed E-state index contributed by atoms with van der Waals surface area (Å²) in [5.74, 6) is 0. The number of thiazole rings is 1. The molecule has 0 aliphatic heterocycles.